The van der Waals surface area contributed by atoms with Crippen molar-refractivity contribution in [2.24, 2.45) is 0 Å². The molecule has 1 aromatic heterocycles. The van der Waals surface area contributed by atoms with E-state index in [1.54, 1.807) is 0 Å². The summed E-state index contributed by atoms with van der Waals surface area (Å²) in [6.07, 6.45) is 1.08. The van der Waals surface area contributed by atoms with Gasteiger partial charge in [-0.2, -0.15) is 0 Å². The normalized spacial score (nSPS) is 24.8. The number of likely N-dealkylation sites (N-methyl/N-ethyl adjacent to an activating group) is 1. The summed E-state index contributed by atoms with van der Waals surface area (Å²) >= 11 is 1.84. The van der Waals surface area contributed by atoms with Gasteiger partial charge in [-0.05, 0) is 27.0 Å². The van der Waals surface area contributed by atoms with Crippen LogP contribution in [-0.4, -0.2) is 19.2 Å². The van der Waals surface area contributed by atoms with Crippen molar-refractivity contribution in [1.82, 2.24) is 5.32 Å². The first-order chi connectivity index (χ1) is 6.13. The van der Waals surface area contributed by atoms with E-state index in [2.05, 4.69) is 25.2 Å². The van der Waals surface area contributed by atoms with Crippen LogP contribution in [0.5, 0.6) is 5.75 Å². The van der Waals surface area contributed by atoms with E-state index in [0.717, 1.165) is 18.8 Å². The Hall–Kier alpha value is -0.250. The van der Waals surface area contributed by atoms with Gasteiger partial charge in [0, 0.05) is 16.2 Å². The van der Waals surface area contributed by atoms with Crippen molar-refractivity contribution in [3.05, 3.63) is 15.8 Å². The number of thiophene rings is 1. The Morgan fingerprint density at radius 3 is 2.93 bits per heavy atom. The van der Waals surface area contributed by atoms with Gasteiger partial charge in [-0.15, -0.1) is 23.7 Å². The van der Waals surface area contributed by atoms with Crippen LogP contribution >= 0.6 is 23.7 Å². The van der Waals surface area contributed by atoms with Crippen LogP contribution < -0.4 is 10.1 Å². The number of halogens is 1. The molecule has 0 radical (unpaired) electrons. The molecule has 0 amide bonds. The molecule has 0 saturated heterocycles. The van der Waals surface area contributed by atoms with E-state index in [-0.39, 0.29) is 17.9 Å². The number of fused-ring (bicyclic) bond motifs is 1. The zero-order chi connectivity index (χ0) is 9.47. The lowest BCUT2D eigenvalue weighted by Crippen LogP contribution is -2.49. The van der Waals surface area contributed by atoms with E-state index in [1.165, 1.54) is 9.75 Å². The molecule has 1 N–H and O–H groups in total. The minimum absolute atomic E-state index is 0. The number of hydrogen-bond donors (Lipinski definition) is 1. The molecule has 1 atom stereocenters. The minimum Gasteiger partial charge on any atom is -0.490 e. The Bertz CT molecular complexity index is 326. The third-order valence-electron chi connectivity index (χ3n) is 2.59. The van der Waals surface area contributed by atoms with E-state index < -0.39 is 0 Å². The van der Waals surface area contributed by atoms with Crippen LogP contribution in [0.15, 0.2) is 6.07 Å². The largest absolute Gasteiger partial charge is 0.490 e. The molecule has 4 heteroatoms. The van der Waals surface area contributed by atoms with Gasteiger partial charge in [0.2, 0.25) is 0 Å². The quantitative estimate of drug-likeness (QED) is 0.805. The Balaban J connectivity index is 0.000000980. The summed E-state index contributed by atoms with van der Waals surface area (Å²) in [6, 6.07) is 2.13. The zero-order valence-electron chi connectivity index (χ0n) is 8.72. The fraction of sp³-hybridized carbons (Fsp3) is 0.600. The van der Waals surface area contributed by atoms with Crippen LogP contribution in [-0.2, 0) is 6.42 Å². The summed E-state index contributed by atoms with van der Waals surface area (Å²) in [7, 11) is 1.99. The summed E-state index contributed by atoms with van der Waals surface area (Å²) < 4.78 is 5.70. The summed E-state index contributed by atoms with van der Waals surface area (Å²) in [6.45, 7) is 5.10. The van der Waals surface area contributed by atoms with E-state index in [9.17, 15) is 0 Å². The number of rotatable bonds is 1. The van der Waals surface area contributed by atoms with Gasteiger partial charge in [0.05, 0.1) is 5.54 Å². The molecule has 1 aliphatic rings. The Morgan fingerprint density at radius 1 is 1.57 bits per heavy atom. The molecule has 2 nitrogen and oxygen atoms in total. The van der Waals surface area contributed by atoms with Gasteiger partial charge in [-0.3, -0.25) is 0 Å². The molecule has 0 aliphatic carbocycles. The van der Waals surface area contributed by atoms with E-state index >= 15 is 0 Å². The molecule has 1 aromatic rings. The van der Waals surface area contributed by atoms with Gasteiger partial charge < -0.3 is 10.1 Å². The maximum absolute atomic E-state index is 5.70. The Labute approximate surface area is 95.1 Å². The second-order valence-electron chi connectivity index (χ2n) is 3.92. The Morgan fingerprint density at radius 2 is 2.29 bits per heavy atom. The van der Waals surface area contributed by atoms with Crippen LogP contribution in [0.4, 0.5) is 0 Å². The first-order valence-corrected chi connectivity index (χ1v) is 5.36. The topological polar surface area (TPSA) is 21.3 Å². The van der Waals surface area contributed by atoms with Crippen molar-refractivity contribution in [2.45, 2.75) is 25.8 Å². The molecule has 14 heavy (non-hydrogen) atoms. The predicted molar refractivity (Wildman–Crippen MR) is 63.0 cm³/mol. The maximum Gasteiger partial charge on any atom is 0.133 e. The second kappa shape index (κ2) is 4.09. The SMILES string of the molecule is CNC1(C)COc2cc(C)sc2C1.Cl. The molecular formula is C10H16ClNOS. The second-order valence-corrected chi connectivity index (χ2v) is 5.26. The number of nitrogens with one attached hydrogen (secondary N) is 1. The number of hydrogen-bond acceptors (Lipinski definition) is 3. The lowest BCUT2D eigenvalue weighted by molar-refractivity contribution is 0.180. The highest BCUT2D eigenvalue weighted by Crippen LogP contribution is 2.35. The fourth-order valence-electron chi connectivity index (χ4n) is 1.59. The summed E-state index contributed by atoms with van der Waals surface area (Å²) in [5, 5.41) is 3.31. The Kier molecular flexibility index (Phi) is 3.45. The molecule has 0 bridgehead atoms. The van der Waals surface area contributed by atoms with Crippen LogP contribution in [0.3, 0.4) is 0 Å². The van der Waals surface area contributed by atoms with Gasteiger partial charge in [0.15, 0.2) is 0 Å². The number of aryl methyl sites for hydroxylation is 1. The molecule has 2 heterocycles. The standard InChI is InChI=1S/C10H15NOS.ClH/c1-7-4-8-9(13-7)5-10(2,11-3)6-12-8;/h4,11H,5-6H2,1-3H3;1H. The van der Waals surface area contributed by atoms with Crippen molar-refractivity contribution in [3.63, 3.8) is 0 Å². The van der Waals surface area contributed by atoms with Gasteiger partial charge in [0.1, 0.15) is 12.4 Å². The smallest absolute Gasteiger partial charge is 0.133 e. The van der Waals surface area contributed by atoms with Gasteiger partial charge >= 0.3 is 0 Å². The summed E-state index contributed by atoms with van der Waals surface area (Å²) in [5.74, 6) is 1.09. The van der Waals surface area contributed by atoms with Crippen LogP contribution in [0.2, 0.25) is 0 Å². The van der Waals surface area contributed by atoms with Crippen molar-refractivity contribution in [2.75, 3.05) is 13.7 Å². The lowest BCUT2D eigenvalue weighted by Gasteiger charge is -2.32. The van der Waals surface area contributed by atoms with Crippen LogP contribution in [0, 0.1) is 6.92 Å². The lowest BCUT2D eigenvalue weighted by atomic mass is 9.96. The molecule has 80 valence electrons. The van der Waals surface area contributed by atoms with Crippen molar-refractivity contribution >= 4 is 23.7 Å². The zero-order valence-corrected chi connectivity index (χ0v) is 10.3. The van der Waals surface area contributed by atoms with E-state index in [0.29, 0.717) is 0 Å². The molecule has 1 unspecified atom stereocenters. The van der Waals surface area contributed by atoms with Crippen LogP contribution in [0.25, 0.3) is 0 Å². The van der Waals surface area contributed by atoms with Crippen molar-refractivity contribution in [1.29, 1.82) is 0 Å². The maximum atomic E-state index is 5.70. The average molecular weight is 234 g/mol. The highest BCUT2D eigenvalue weighted by molar-refractivity contribution is 7.12. The first kappa shape index (κ1) is 11.8. The molecule has 1 aliphatic heterocycles. The van der Waals surface area contributed by atoms with Crippen molar-refractivity contribution in [3.8, 4) is 5.75 Å². The molecule has 0 spiro atoms. The average Bonchev–Trinajstić information content (AvgIpc) is 2.44. The highest BCUT2D eigenvalue weighted by Gasteiger charge is 2.30. The molecule has 2 rings (SSSR count). The summed E-state index contributed by atoms with van der Waals surface area (Å²) in [4.78, 5) is 2.71. The van der Waals surface area contributed by atoms with Crippen molar-refractivity contribution < 1.29 is 4.74 Å². The number of ether oxygens (including phenoxy) is 1. The summed E-state index contributed by atoms with van der Waals surface area (Å²) in [5.41, 5.74) is 0.115. The molecule has 0 fully saturated rings. The molecular weight excluding hydrogens is 218 g/mol. The van der Waals surface area contributed by atoms with E-state index in [4.69, 9.17) is 4.74 Å². The molecule has 0 saturated carbocycles. The predicted octanol–water partition coefficient (Wildman–Crippen LogP) is 2.39. The monoisotopic (exact) mass is 233 g/mol. The third kappa shape index (κ3) is 2.05. The molecule has 0 aromatic carbocycles. The van der Waals surface area contributed by atoms with Crippen LogP contribution in [0.1, 0.15) is 16.7 Å². The van der Waals surface area contributed by atoms with Gasteiger partial charge in [-0.25, -0.2) is 0 Å². The minimum atomic E-state index is 0. The van der Waals surface area contributed by atoms with E-state index in [1.807, 2.05) is 18.4 Å². The fourth-order valence-corrected chi connectivity index (χ4v) is 2.75. The van der Waals surface area contributed by atoms with Gasteiger partial charge in [-0.1, -0.05) is 0 Å². The third-order valence-corrected chi connectivity index (χ3v) is 3.63. The highest BCUT2D eigenvalue weighted by atomic mass is 35.5. The first-order valence-electron chi connectivity index (χ1n) is 4.54. The van der Waals surface area contributed by atoms with Gasteiger partial charge in [0.25, 0.3) is 0 Å².